The number of rotatable bonds is 7. The molecule has 8 heteroatoms. The Bertz CT molecular complexity index is 503. The lowest BCUT2D eigenvalue weighted by Crippen LogP contribution is -2.38. The summed E-state index contributed by atoms with van der Waals surface area (Å²) >= 11 is 0. The summed E-state index contributed by atoms with van der Waals surface area (Å²) < 4.78 is 29.7. The van der Waals surface area contributed by atoms with Crippen LogP contribution in [-0.2, 0) is 26.0 Å². The third-order valence-electron chi connectivity index (χ3n) is 2.38. The number of carbonyl (C=O) groups is 1. The number of methoxy groups -OCH3 is 1. The van der Waals surface area contributed by atoms with Gasteiger partial charge in [0.25, 0.3) is 0 Å². The van der Waals surface area contributed by atoms with Gasteiger partial charge in [0.05, 0.1) is 12.9 Å². The number of carbonyl (C=O) groups excluding carboxylic acids is 1. The molecule has 0 bridgehead atoms. The van der Waals surface area contributed by atoms with E-state index in [4.69, 9.17) is 0 Å². The topological polar surface area (TPSA) is 106 Å². The minimum atomic E-state index is -3.55. The fourth-order valence-corrected chi connectivity index (χ4v) is 2.36. The first-order valence-corrected chi connectivity index (χ1v) is 7.22. The molecular formula is C11H16N2O5S. The van der Waals surface area contributed by atoms with Gasteiger partial charge in [0, 0.05) is 18.9 Å². The highest BCUT2D eigenvalue weighted by Crippen LogP contribution is 2.00. The van der Waals surface area contributed by atoms with Crippen molar-refractivity contribution >= 4 is 16.0 Å². The molecule has 0 aliphatic rings. The summed E-state index contributed by atoms with van der Waals surface area (Å²) in [5.41, 5.74) is 0.842. The molecule has 0 radical (unpaired) electrons. The molecule has 19 heavy (non-hydrogen) atoms. The highest BCUT2D eigenvalue weighted by atomic mass is 32.2. The number of esters is 1. The maximum Gasteiger partial charge on any atom is 0.336 e. The van der Waals surface area contributed by atoms with Gasteiger partial charge in [-0.2, -0.15) is 0 Å². The van der Waals surface area contributed by atoms with Gasteiger partial charge in [0.2, 0.25) is 10.0 Å². The van der Waals surface area contributed by atoms with Crippen LogP contribution < -0.4 is 4.72 Å². The Labute approximate surface area is 111 Å². The Morgan fingerprint density at radius 3 is 2.68 bits per heavy atom. The van der Waals surface area contributed by atoms with Crippen LogP contribution >= 0.6 is 0 Å². The van der Waals surface area contributed by atoms with Gasteiger partial charge in [-0.05, 0) is 24.1 Å². The maximum absolute atomic E-state index is 11.6. The minimum absolute atomic E-state index is 0.134. The van der Waals surface area contributed by atoms with E-state index in [9.17, 15) is 18.3 Å². The van der Waals surface area contributed by atoms with E-state index in [2.05, 4.69) is 14.4 Å². The van der Waals surface area contributed by atoms with Crippen molar-refractivity contribution in [1.29, 1.82) is 0 Å². The average molecular weight is 288 g/mol. The maximum atomic E-state index is 11.6. The quantitative estimate of drug-likeness (QED) is 0.628. The van der Waals surface area contributed by atoms with Crippen LogP contribution in [0.15, 0.2) is 24.5 Å². The molecule has 0 amide bonds. The summed E-state index contributed by atoms with van der Waals surface area (Å²) in [7, 11) is -2.44. The number of ether oxygens (including phenoxy) is 1. The SMILES string of the molecule is COC(=O)C(O)CNS(=O)(=O)CCc1ccncc1. The smallest absolute Gasteiger partial charge is 0.336 e. The van der Waals surface area contributed by atoms with Crippen LogP contribution in [0.25, 0.3) is 0 Å². The van der Waals surface area contributed by atoms with Crippen molar-refractivity contribution in [1.82, 2.24) is 9.71 Å². The van der Waals surface area contributed by atoms with Crippen LogP contribution in [0.2, 0.25) is 0 Å². The van der Waals surface area contributed by atoms with Gasteiger partial charge in [-0.15, -0.1) is 0 Å². The van der Waals surface area contributed by atoms with E-state index in [1.54, 1.807) is 24.5 Å². The summed E-state index contributed by atoms with van der Waals surface area (Å²) in [4.78, 5) is 14.7. The van der Waals surface area contributed by atoms with Gasteiger partial charge in [-0.25, -0.2) is 17.9 Å². The Morgan fingerprint density at radius 2 is 2.11 bits per heavy atom. The Balaban J connectivity index is 2.42. The molecule has 1 aromatic heterocycles. The predicted octanol–water partition coefficient (Wildman–Crippen LogP) is -0.923. The first-order chi connectivity index (χ1) is 8.94. The van der Waals surface area contributed by atoms with Crippen molar-refractivity contribution in [2.75, 3.05) is 19.4 Å². The highest BCUT2D eigenvalue weighted by molar-refractivity contribution is 7.89. The standard InChI is InChI=1S/C11H16N2O5S/c1-18-11(15)10(14)8-13-19(16,17)7-4-9-2-5-12-6-3-9/h2-3,5-6,10,13-14H,4,7-8H2,1H3. The second-order valence-electron chi connectivity index (χ2n) is 3.81. The lowest BCUT2D eigenvalue weighted by molar-refractivity contribution is -0.149. The third kappa shape index (κ3) is 5.77. The number of pyridine rings is 1. The zero-order chi connectivity index (χ0) is 14.3. The minimum Gasteiger partial charge on any atom is -0.467 e. The summed E-state index contributed by atoms with van der Waals surface area (Å²) in [6.07, 6.45) is 1.99. The molecule has 0 fully saturated rings. The molecule has 1 rings (SSSR count). The summed E-state index contributed by atoms with van der Waals surface area (Å²) in [6, 6.07) is 3.44. The van der Waals surface area contributed by atoms with E-state index in [1.807, 2.05) is 0 Å². The van der Waals surface area contributed by atoms with Crippen LogP contribution in [0.4, 0.5) is 0 Å². The molecule has 7 nitrogen and oxygen atoms in total. The van der Waals surface area contributed by atoms with E-state index in [1.165, 1.54) is 0 Å². The molecule has 1 unspecified atom stereocenters. The Hall–Kier alpha value is -1.51. The summed E-state index contributed by atoms with van der Waals surface area (Å²) in [6.45, 7) is -0.397. The van der Waals surface area contributed by atoms with Gasteiger partial charge < -0.3 is 9.84 Å². The second-order valence-corrected chi connectivity index (χ2v) is 5.74. The molecule has 0 saturated heterocycles. The zero-order valence-electron chi connectivity index (χ0n) is 10.4. The number of nitrogens with one attached hydrogen (secondary N) is 1. The van der Waals surface area contributed by atoms with Crippen LogP contribution in [0.1, 0.15) is 5.56 Å². The normalized spacial score (nSPS) is 12.9. The summed E-state index contributed by atoms with van der Waals surface area (Å²) in [5.74, 6) is -1.01. The van der Waals surface area contributed by atoms with Crippen LogP contribution in [0.3, 0.4) is 0 Å². The van der Waals surface area contributed by atoms with Gasteiger partial charge in [0.15, 0.2) is 6.10 Å². The van der Waals surface area contributed by atoms with E-state index in [0.29, 0.717) is 6.42 Å². The lowest BCUT2D eigenvalue weighted by atomic mass is 10.2. The fourth-order valence-electron chi connectivity index (χ4n) is 1.30. The lowest BCUT2D eigenvalue weighted by Gasteiger charge is -2.10. The Morgan fingerprint density at radius 1 is 1.47 bits per heavy atom. The van der Waals surface area contributed by atoms with Crippen molar-refractivity contribution in [2.24, 2.45) is 0 Å². The molecule has 1 atom stereocenters. The van der Waals surface area contributed by atoms with E-state index < -0.39 is 28.6 Å². The van der Waals surface area contributed by atoms with Crippen molar-refractivity contribution in [3.8, 4) is 0 Å². The number of hydrogen-bond donors (Lipinski definition) is 2. The second kappa shape index (κ2) is 7.17. The molecule has 1 aromatic rings. The predicted molar refractivity (Wildman–Crippen MR) is 67.8 cm³/mol. The molecule has 2 N–H and O–H groups in total. The molecule has 0 saturated carbocycles. The van der Waals surface area contributed by atoms with Crippen molar-refractivity contribution in [2.45, 2.75) is 12.5 Å². The number of aliphatic hydroxyl groups excluding tert-OH is 1. The fraction of sp³-hybridized carbons (Fsp3) is 0.455. The number of aryl methyl sites for hydroxylation is 1. The van der Waals surface area contributed by atoms with Crippen LogP contribution in [0.5, 0.6) is 0 Å². The third-order valence-corrected chi connectivity index (χ3v) is 3.73. The van der Waals surface area contributed by atoms with E-state index in [-0.39, 0.29) is 5.75 Å². The van der Waals surface area contributed by atoms with E-state index in [0.717, 1.165) is 12.7 Å². The van der Waals surface area contributed by atoms with Gasteiger partial charge >= 0.3 is 5.97 Å². The van der Waals surface area contributed by atoms with Crippen molar-refractivity contribution < 1.29 is 23.1 Å². The molecule has 106 valence electrons. The first kappa shape index (κ1) is 15.5. The average Bonchev–Trinajstić information content (AvgIpc) is 2.43. The van der Waals surface area contributed by atoms with Crippen molar-refractivity contribution in [3.63, 3.8) is 0 Å². The Kier molecular flexibility index (Phi) is 5.87. The summed E-state index contributed by atoms with van der Waals surface area (Å²) in [5, 5.41) is 9.26. The number of nitrogens with zero attached hydrogens (tertiary/aromatic N) is 1. The van der Waals surface area contributed by atoms with Gasteiger partial charge in [-0.1, -0.05) is 0 Å². The molecule has 0 aliphatic heterocycles. The first-order valence-electron chi connectivity index (χ1n) is 5.57. The molecular weight excluding hydrogens is 272 g/mol. The molecule has 1 heterocycles. The van der Waals surface area contributed by atoms with Gasteiger partial charge in [-0.3, -0.25) is 4.98 Å². The van der Waals surface area contributed by atoms with Crippen LogP contribution in [0, 0.1) is 0 Å². The highest BCUT2D eigenvalue weighted by Gasteiger charge is 2.18. The zero-order valence-corrected chi connectivity index (χ0v) is 11.3. The van der Waals surface area contributed by atoms with Crippen LogP contribution in [-0.4, -0.2) is 50.0 Å². The largest absolute Gasteiger partial charge is 0.467 e. The molecule has 0 aliphatic carbocycles. The monoisotopic (exact) mass is 288 g/mol. The number of aliphatic hydroxyl groups is 1. The van der Waals surface area contributed by atoms with Gasteiger partial charge in [0.1, 0.15) is 0 Å². The van der Waals surface area contributed by atoms with E-state index >= 15 is 0 Å². The number of aromatic nitrogens is 1. The van der Waals surface area contributed by atoms with Crippen molar-refractivity contribution in [3.05, 3.63) is 30.1 Å². The number of hydrogen-bond acceptors (Lipinski definition) is 6. The molecule has 0 aromatic carbocycles. The molecule has 0 spiro atoms. The number of sulfonamides is 1.